The molecule has 0 amide bonds. The van der Waals surface area contributed by atoms with Gasteiger partial charge >= 0.3 is 0 Å². The zero-order valence-electron chi connectivity index (χ0n) is 11.9. The Hall–Kier alpha value is -0.910. The van der Waals surface area contributed by atoms with Crippen molar-refractivity contribution >= 4 is 10.0 Å². The molecule has 2 N–H and O–H groups in total. The lowest BCUT2D eigenvalue weighted by atomic mass is 10.1. The van der Waals surface area contributed by atoms with Crippen LogP contribution in [0.3, 0.4) is 0 Å². The van der Waals surface area contributed by atoms with E-state index in [-0.39, 0.29) is 10.9 Å². The summed E-state index contributed by atoms with van der Waals surface area (Å²) in [5.74, 6) is 0. The summed E-state index contributed by atoms with van der Waals surface area (Å²) in [6, 6.07) is 6.49. The first-order valence-corrected chi connectivity index (χ1v) is 8.78. The maximum atomic E-state index is 12.3. The summed E-state index contributed by atoms with van der Waals surface area (Å²) >= 11 is 0. The van der Waals surface area contributed by atoms with Crippen LogP contribution in [0.25, 0.3) is 0 Å². The highest BCUT2D eigenvalue weighted by molar-refractivity contribution is 7.89. The van der Waals surface area contributed by atoms with Gasteiger partial charge in [-0.25, -0.2) is 13.1 Å². The molecular formula is C15H23NO3S. The minimum absolute atomic E-state index is 0.0546. The molecule has 0 bridgehead atoms. The molecule has 0 spiro atoms. The predicted molar refractivity (Wildman–Crippen MR) is 78.9 cm³/mol. The Kier molecular flexibility index (Phi) is 5.18. The van der Waals surface area contributed by atoms with Crippen LogP contribution < -0.4 is 4.72 Å². The fourth-order valence-corrected chi connectivity index (χ4v) is 3.92. The second kappa shape index (κ2) is 6.70. The first-order chi connectivity index (χ1) is 9.49. The molecule has 1 unspecified atom stereocenters. The van der Waals surface area contributed by atoms with Gasteiger partial charge in [0, 0.05) is 6.04 Å². The van der Waals surface area contributed by atoms with Gasteiger partial charge in [-0.2, -0.15) is 0 Å². The largest absolute Gasteiger partial charge is 0.389 e. The van der Waals surface area contributed by atoms with Crippen molar-refractivity contribution in [2.75, 3.05) is 0 Å². The molecule has 2 rings (SSSR count). The highest BCUT2D eigenvalue weighted by Gasteiger charge is 2.21. The van der Waals surface area contributed by atoms with E-state index in [2.05, 4.69) is 4.72 Å². The second-order valence-electron chi connectivity index (χ2n) is 5.55. The van der Waals surface area contributed by atoms with E-state index in [1.165, 1.54) is 12.8 Å². The molecule has 0 saturated heterocycles. The van der Waals surface area contributed by atoms with Crippen molar-refractivity contribution in [2.45, 2.75) is 62.5 Å². The van der Waals surface area contributed by atoms with Crippen LogP contribution in [0.15, 0.2) is 29.2 Å². The third-order valence-electron chi connectivity index (χ3n) is 3.85. The van der Waals surface area contributed by atoms with Gasteiger partial charge in [0.2, 0.25) is 10.0 Å². The average Bonchev–Trinajstić information content (AvgIpc) is 2.67. The molecule has 5 heteroatoms. The van der Waals surface area contributed by atoms with E-state index in [0.29, 0.717) is 0 Å². The van der Waals surface area contributed by atoms with E-state index >= 15 is 0 Å². The average molecular weight is 297 g/mol. The van der Waals surface area contributed by atoms with E-state index in [4.69, 9.17) is 0 Å². The van der Waals surface area contributed by atoms with Crippen molar-refractivity contribution in [3.05, 3.63) is 29.8 Å². The van der Waals surface area contributed by atoms with E-state index < -0.39 is 16.1 Å². The van der Waals surface area contributed by atoms with Crippen molar-refractivity contribution in [3.8, 4) is 0 Å². The van der Waals surface area contributed by atoms with Crippen molar-refractivity contribution < 1.29 is 13.5 Å². The Morgan fingerprint density at radius 1 is 1.10 bits per heavy atom. The molecule has 1 aliphatic rings. The molecule has 0 heterocycles. The molecule has 1 aliphatic carbocycles. The molecule has 20 heavy (non-hydrogen) atoms. The summed E-state index contributed by atoms with van der Waals surface area (Å²) in [7, 11) is -3.45. The van der Waals surface area contributed by atoms with Crippen LogP contribution in [0.1, 0.15) is 57.1 Å². The third-order valence-corrected chi connectivity index (χ3v) is 5.39. The van der Waals surface area contributed by atoms with Crippen LogP contribution in [-0.2, 0) is 10.0 Å². The van der Waals surface area contributed by atoms with Crippen molar-refractivity contribution in [1.82, 2.24) is 4.72 Å². The van der Waals surface area contributed by atoms with Crippen molar-refractivity contribution in [2.24, 2.45) is 0 Å². The Morgan fingerprint density at radius 3 is 2.15 bits per heavy atom. The number of hydrogen-bond donors (Lipinski definition) is 2. The zero-order valence-corrected chi connectivity index (χ0v) is 12.7. The van der Waals surface area contributed by atoms with Gasteiger partial charge in [-0.15, -0.1) is 0 Å². The summed E-state index contributed by atoms with van der Waals surface area (Å²) in [5, 5.41) is 9.44. The van der Waals surface area contributed by atoms with Gasteiger partial charge in [-0.05, 0) is 37.5 Å². The number of nitrogens with one attached hydrogen (secondary N) is 1. The molecule has 0 radical (unpaired) electrons. The number of hydrogen-bond acceptors (Lipinski definition) is 3. The molecule has 0 aliphatic heterocycles. The zero-order chi connectivity index (χ0) is 14.6. The van der Waals surface area contributed by atoms with E-state index in [0.717, 1.165) is 31.2 Å². The Morgan fingerprint density at radius 2 is 1.65 bits per heavy atom. The lowest BCUT2D eigenvalue weighted by molar-refractivity contribution is 0.199. The van der Waals surface area contributed by atoms with Gasteiger partial charge in [-0.3, -0.25) is 0 Å². The summed E-state index contributed by atoms with van der Waals surface area (Å²) in [5.41, 5.74) is 0.721. The van der Waals surface area contributed by atoms with Gasteiger partial charge in [0.1, 0.15) is 0 Å². The van der Waals surface area contributed by atoms with E-state index in [1.54, 1.807) is 31.2 Å². The fraction of sp³-hybridized carbons (Fsp3) is 0.600. The molecule has 1 atom stereocenters. The van der Waals surface area contributed by atoms with Crippen LogP contribution in [0.2, 0.25) is 0 Å². The highest BCUT2D eigenvalue weighted by atomic mass is 32.2. The summed E-state index contributed by atoms with van der Waals surface area (Å²) < 4.78 is 27.5. The monoisotopic (exact) mass is 297 g/mol. The van der Waals surface area contributed by atoms with Crippen LogP contribution >= 0.6 is 0 Å². The van der Waals surface area contributed by atoms with Crippen molar-refractivity contribution in [1.29, 1.82) is 0 Å². The highest BCUT2D eigenvalue weighted by Crippen LogP contribution is 2.20. The predicted octanol–water partition coefficient (Wildman–Crippen LogP) is 2.74. The minimum Gasteiger partial charge on any atom is -0.389 e. The summed E-state index contributed by atoms with van der Waals surface area (Å²) in [4.78, 5) is 0.270. The normalized spacial score (nSPS) is 19.5. The van der Waals surface area contributed by atoms with Crippen molar-refractivity contribution in [3.63, 3.8) is 0 Å². The first kappa shape index (κ1) is 15.5. The topological polar surface area (TPSA) is 66.4 Å². The smallest absolute Gasteiger partial charge is 0.240 e. The van der Waals surface area contributed by atoms with Gasteiger partial charge in [0.15, 0.2) is 0 Å². The summed E-state index contributed by atoms with van der Waals surface area (Å²) in [6.45, 7) is 1.66. The lowest BCUT2D eigenvalue weighted by Crippen LogP contribution is -2.34. The van der Waals surface area contributed by atoms with Crippen LogP contribution in [0.5, 0.6) is 0 Å². The molecule has 1 aromatic carbocycles. The number of benzene rings is 1. The Bertz CT molecular complexity index is 515. The standard InChI is InChI=1S/C15H23NO3S/c1-12(17)13-8-10-15(11-9-13)20(18,19)16-14-6-4-2-3-5-7-14/h8-12,14,16-17H,2-7H2,1H3. The van der Waals surface area contributed by atoms with Gasteiger partial charge in [-0.1, -0.05) is 37.8 Å². The summed E-state index contributed by atoms with van der Waals surface area (Å²) in [6.07, 6.45) is 5.84. The van der Waals surface area contributed by atoms with Gasteiger partial charge in [0.25, 0.3) is 0 Å². The lowest BCUT2D eigenvalue weighted by Gasteiger charge is -2.16. The van der Waals surface area contributed by atoms with Crippen LogP contribution in [0, 0.1) is 0 Å². The SMILES string of the molecule is CC(O)c1ccc(S(=O)(=O)NC2CCCCCC2)cc1. The quantitative estimate of drug-likeness (QED) is 0.840. The minimum atomic E-state index is -3.45. The fourth-order valence-electron chi connectivity index (χ4n) is 2.61. The molecule has 1 fully saturated rings. The first-order valence-electron chi connectivity index (χ1n) is 7.29. The Labute approximate surface area is 121 Å². The molecule has 112 valence electrons. The second-order valence-corrected chi connectivity index (χ2v) is 7.27. The molecule has 0 aromatic heterocycles. The van der Waals surface area contributed by atoms with Gasteiger partial charge in [0.05, 0.1) is 11.0 Å². The molecule has 1 aromatic rings. The number of aliphatic hydroxyl groups excluding tert-OH is 1. The number of rotatable bonds is 4. The molecule has 4 nitrogen and oxygen atoms in total. The van der Waals surface area contributed by atoms with Crippen LogP contribution in [0.4, 0.5) is 0 Å². The third kappa shape index (κ3) is 4.04. The molecule has 1 saturated carbocycles. The molecular weight excluding hydrogens is 274 g/mol. The number of aliphatic hydroxyl groups is 1. The van der Waals surface area contributed by atoms with E-state index in [1.807, 2.05) is 0 Å². The Balaban J connectivity index is 2.09. The van der Waals surface area contributed by atoms with Gasteiger partial charge < -0.3 is 5.11 Å². The maximum absolute atomic E-state index is 12.3. The van der Waals surface area contributed by atoms with Crippen LogP contribution in [-0.4, -0.2) is 19.6 Å². The maximum Gasteiger partial charge on any atom is 0.240 e. The number of sulfonamides is 1. The van der Waals surface area contributed by atoms with E-state index in [9.17, 15) is 13.5 Å².